The number of amides is 2. The lowest BCUT2D eigenvalue weighted by molar-refractivity contribution is -0.140. The summed E-state index contributed by atoms with van der Waals surface area (Å²) in [6, 6.07) is 4.66. The summed E-state index contributed by atoms with van der Waals surface area (Å²) in [6.07, 6.45) is -2.63. The largest absolute Gasteiger partial charge is 0.495 e. The Morgan fingerprint density at radius 1 is 1.03 bits per heavy atom. The van der Waals surface area contributed by atoms with Gasteiger partial charge in [0, 0.05) is 6.07 Å². The van der Waals surface area contributed by atoms with Gasteiger partial charge in [0.05, 0.1) is 57.5 Å². The first-order chi connectivity index (χ1) is 16.3. The van der Waals surface area contributed by atoms with Gasteiger partial charge in [0.1, 0.15) is 11.6 Å². The van der Waals surface area contributed by atoms with E-state index < -0.39 is 55.5 Å². The van der Waals surface area contributed by atoms with Gasteiger partial charge in [0.2, 0.25) is 0 Å². The van der Waals surface area contributed by atoms with E-state index in [-0.39, 0.29) is 28.1 Å². The van der Waals surface area contributed by atoms with Crippen LogP contribution in [0.3, 0.4) is 0 Å². The molecule has 0 fully saturated rings. The highest BCUT2D eigenvalue weighted by atomic mass is 35.5. The number of pyridine rings is 1. The van der Waals surface area contributed by atoms with Gasteiger partial charge in [-0.1, -0.05) is 11.6 Å². The standard InChI is InChI=1S/C21H12ClF4N3O5S/c1-34-11-6-10(8-27-9-11)29-19(30)17-14(22)3-5-16(18(17)20(29)31)28-35(32,33)12-2-4-15(23)13(7-12)21(24,25)26/h2-9,28H,1H3. The number of carbonyl (C=O) groups is 2. The Morgan fingerprint density at radius 2 is 1.71 bits per heavy atom. The fourth-order valence-electron chi connectivity index (χ4n) is 3.38. The van der Waals surface area contributed by atoms with Crippen LogP contribution in [0.2, 0.25) is 5.02 Å². The van der Waals surface area contributed by atoms with Crippen molar-refractivity contribution >= 4 is 44.8 Å². The Morgan fingerprint density at radius 3 is 2.37 bits per heavy atom. The highest BCUT2D eigenvalue weighted by molar-refractivity contribution is 7.92. The summed E-state index contributed by atoms with van der Waals surface area (Å²) in [5.74, 6) is -3.28. The molecule has 1 aliphatic heterocycles. The fourth-order valence-corrected chi connectivity index (χ4v) is 4.71. The second-order valence-corrected chi connectivity index (χ2v) is 9.21. The molecule has 2 amide bonds. The molecule has 3 aromatic rings. The minimum absolute atomic E-state index is 0.00813. The van der Waals surface area contributed by atoms with Gasteiger partial charge in [-0.3, -0.25) is 19.3 Å². The van der Waals surface area contributed by atoms with Crippen molar-refractivity contribution in [3.63, 3.8) is 0 Å². The molecule has 4 rings (SSSR count). The first-order valence-corrected chi connectivity index (χ1v) is 11.3. The zero-order chi connectivity index (χ0) is 25.7. The Kier molecular flexibility index (Phi) is 5.93. The molecular formula is C21H12ClF4N3O5S. The Bertz CT molecular complexity index is 1490. The first-order valence-electron chi connectivity index (χ1n) is 9.45. The Labute approximate surface area is 200 Å². The van der Waals surface area contributed by atoms with Crippen LogP contribution in [0.15, 0.2) is 53.7 Å². The molecule has 1 aliphatic rings. The second kappa shape index (κ2) is 8.50. The van der Waals surface area contributed by atoms with Crippen LogP contribution in [-0.4, -0.2) is 32.3 Å². The van der Waals surface area contributed by atoms with E-state index in [4.69, 9.17) is 16.3 Å². The summed E-state index contributed by atoms with van der Waals surface area (Å²) in [5.41, 5.74) is -2.95. The number of nitrogens with zero attached hydrogens (tertiary/aromatic N) is 2. The van der Waals surface area contributed by atoms with Crippen molar-refractivity contribution in [2.45, 2.75) is 11.1 Å². The molecule has 1 aromatic heterocycles. The first kappa shape index (κ1) is 24.4. The van der Waals surface area contributed by atoms with Gasteiger partial charge in [-0.2, -0.15) is 13.2 Å². The number of anilines is 2. The molecule has 2 aromatic carbocycles. The van der Waals surface area contributed by atoms with E-state index in [1.165, 1.54) is 25.6 Å². The summed E-state index contributed by atoms with van der Waals surface area (Å²) >= 11 is 6.11. The number of ether oxygens (including phenoxy) is 1. The molecule has 0 saturated heterocycles. The maximum Gasteiger partial charge on any atom is 0.419 e. The quantitative estimate of drug-likeness (QED) is 0.385. The van der Waals surface area contributed by atoms with Gasteiger partial charge in [-0.25, -0.2) is 17.7 Å². The second-order valence-electron chi connectivity index (χ2n) is 7.12. The van der Waals surface area contributed by atoms with Crippen molar-refractivity contribution in [3.8, 4) is 5.75 Å². The average molecular weight is 530 g/mol. The van der Waals surface area contributed by atoms with Crippen LogP contribution in [0, 0.1) is 5.82 Å². The number of fused-ring (bicyclic) bond motifs is 1. The summed E-state index contributed by atoms with van der Waals surface area (Å²) in [5, 5.41) is -0.166. The summed E-state index contributed by atoms with van der Waals surface area (Å²) in [4.78, 5) is 29.8. The maximum atomic E-state index is 13.6. The van der Waals surface area contributed by atoms with Gasteiger partial charge in [-0.05, 0) is 30.3 Å². The van der Waals surface area contributed by atoms with Crippen molar-refractivity contribution < 1.29 is 40.3 Å². The van der Waals surface area contributed by atoms with E-state index in [0.717, 1.165) is 12.1 Å². The van der Waals surface area contributed by atoms with Crippen LogP contribution in [0.1, 0.15) is 26.3 Å². The van der Waals surface area contributed by atoms with Crippen molar-refractivity contribution in [2.24, 2.45) is 0 Å². The van der Waals surface area contributed by atoms with E-state index in [9.17, 15) is 35.6 Å². The molecule has 182 valence electrons. The van der Waals surface area contributed by atoms with Crippen LogP contribution in [0.25, 0.3) is 0 Å². The molecule has 8 nitrogen and oxygen atoms in total. The molecule has 14 heteroatoms. The van der Waals surface area contributed by atoms with E-state index in [0.29, 0.717) is 17.0 Å². The third-order valence-corrected chi connectivity index (χ3v) is 6.66. The van der Waals surface area contributed by atoms with Gasteiger partial charge >= 0.3 is 6.18 Å². The monoisotopic (exact) mass is 529 g/mol. The van der Waals surface area contributed by atoms with Crippen LogP contribution >= 0.6 is 11.6 Å². The number of methoxy groups -OCH3 is 1. The number of rotatable bonds is 5. The van der Waals surface area contributed by atoms with Crippen LogP contribution in [0.4, 0.5) is 28.9 Å². The number of alkyl halides is 3. The van der Waals surface area contributed by atoms with Crippen molar-refractivity contribution in [3.05, 3.63) is 76.3 Å². The molecule has 0 radical (unpaired) electrons. The minimum atomic E-state index is -5.15. The van der Waals surface area contributed by atoms with Crippen molar-refractivity contribution in [2.75, 3.05) is 16.7 Å². The third-order valence-electron chi connectivity index (χ3n) is 4.98. The molecule has 35 heavy (non-hydrogen) atoms. The molecule has 0 atom stereocenters. The normalized spacial score (nSPS) is 13.7. The van der Waals surface area contributed by atoms with Gasteiger partial charge in [-0.15, -0.1) is 0 Å². The van der Waals surface area contributed by atoms with Gasteiger partial charge in [0.25, 0.3) is 21.8 Å². The number of hydrogen-bond acceptors (Lipinski definition) is 6. The maximum absolute atomic E-state index is 13.6. The topological polar surface area (TPSA) is 106 Å². The van der Waals surface area contributed by atoms with E-state index in [1.807, 2.05) is 4.72 Å². The van der Waals surface area contributed by atoms with E-state index in [2.05, 4.69) is 4.98 Å². The molecular weight excluding hydrogens is 518 g/mol. The summed E-state index contributed by atoms with van der Waals surface area (Å²) < 4.78 is 85.4. The van der Waals surface area contributed by atoms with Crippen molar-refractivity contribution in [1.29, 1.82) is 0 Å². The molecule has 0 spiro atoms. The molecule has 0 unspecified atom stereocenters. The van der Waals surface area contributed by atoms with Crippen LogP contribution in [0.5, 0.6) is 5.75 Å². The molecule has 1 N–H and O–H groups in total. The number of halogens is 5. The summed E-state index contributed by atoms with van der Waals surface area (Å²) in [7, 11) is -3.42. The predicted octanol–water partition coefficient (Wildman–Crippen LogP) is 4.50. The SMILES string of the molecule is COc1cncc(N2C(=O)c3c(Cl)ccc(NS(=O)(=O)c4ccc(F)c(C(F)(F)F)c4)c3C2=O)c1. The van der Waals surface area contributed by atoms with Gasteiger partial charge in [0.15, 0.2) is 0 Å². The predicted molar refractivity (Wildman–Crippen MR) is 116 cm³/mol. The number of benzene rings is 2. The number of carbonyl (C=O) groups excluding carboxylic acids is 2. The fraction of sp³-hybridized carbons (Fsp3) is 0.0952. The molecule has 0 bridgehead atoms. The Balaban J connectivity index is 1.78. The average Bonchev–Trinajstić information content (AvgIpc) is 3.06. The van der Waals surface area contributed by atoms with Crippen LogP contribution < -0.4 is 14.4 Å². The van der Waals surface area contributed by atoms with E-state index >= 15 is 0 Å². The Hall–Kier alpha value is -3.71. The van der Waals surface area contributed by atoms with E-state index in [1.54, 1.807) is 0 Å². The third kappa shape index (κ3) is 4.28. The lowest BCUT2D eigenvalue weighted by Crippen LogP contribution is -2.29. The zero-order valence-corrected chi connectivity index (χ0v) is 18.9. The molecule has 2 heterocycles. The molecule has 0 saturated carbocycles. The number of hydrogen-bond donors (Lipinski definition) is 1. The molecule has 0 aliphatic carbocycles. The smallest absolute Gasteiger partial charge is 0.419 e. The zero-order valence-electron chi connectivity index (χ0n) is 17.4. The minimum Gasteiger partial charge on any atom is -0.495 e. The number of aromatic nitrogens is 1. The lowest BCUT2D eigenvalue weighted by Gasteiger charge is -2.15. The summed E-state index contributed by atoms with van der Waals surface area (Å²) in [6.45, 7) is 0. The number of nitrogens with one attached hydrogen (secondary N) is 1. The number of imide groups is 1. The van der Waals surface area contributed by atoms with Crippen LogP contribution in [-0.2, 0) is 16.2 Å². The lowest BCUT2D eigenvalue weighted by atomic mass is 10.1. The number of sulfonamides is 1. The highest BCUT2D eigenvalue weighted by Gasteiger charge is 2.42. The van der Waals surface area contributed by atoms with Gasteiger partial charge < -0.3 is 4.74 Å². The van der Waals surface area contributed by atoms with Crippen molar-refractivity contribution in [1.82, 2.24) is 4.98 Å². The highest BCUT2D eigenvalue weighted by Crippen LogP contribution is 2.39.